The molecular formula is C20H28N4O3. The van der Waals surface area contributed by atoms with E-state index in [0.29, 0.717) is 19.7 Å². The minimum atomic E-state index is -0.297. The van der Waals surface area contributed by atoms with Crippen LogP contribution in [-0.2, 0) is 11.3 Å². The Bertz CT molecular complexity index is 772. The Morgan fingerprint density at radius 1 is 1.19 bits per heavy atom. The van der Waals surface area contributed by atoms with Gasteiger partial charge >= 0.3 is 0 Å². The van der Waals surface area contributed by atoms with Crippen LogP contribution in [0.1, 0.15) is 35.9 Å². The molecule has 0 spiro atoms. The molecule has 1 atom stereocenters. The lowest BCUT2D eigenvalue weighted by Gasteiger charge is -2.30. The highest BCUT2D eigenvalue weighted by Gasteiger charge is 2.19. The third-order valence-electron chi connectivity index (χ3n) is 4.50. The number of hydrogen-bond donors (Lipinski definition) is 1. The van der Waals surface area contributed by atoms with E-state index in [0.717, 1.165) is 18.7 Å². The minimum absolute atomic E-state index is 0.0737. The van der Waals surface area contributed by atoms with Crippen molar-refractivity contribution in [2.75, 3.05) is 33.4 Å². The van der Waals surface area contributed by atoms with Gasteiger partial charge in [-0.15, -0.1) is 0 Å². The number of methoxy groups -OCH3 is 1. The molecule has 27 heavy (non-hydrogen) atoms. The molecule has 0 saturated carbocycles. The van der Waals surface area contributed by atoms with Crippen LogP contribution >= 0.6 is 0 Å². The first-order chi connectivity index (χ1) is 13.1. The summed E-state index contributed by atoms with van der Waals surface area (Å²) in [5, 5.41) is 7.10. The fourth-order valence-corrected chi connectivity index (χ4v) is 2.99. The van der Waals surface area contributed by atoms with Gasteiger partial charge in [0.05, 0.1) is 19.2 Å². The lowest BCUT2D eigenvalue weighted by Crippen LogP contribution is -2.39. The number of carbonyl (C=O) groups excluding carboxylic acids is 1. The summed E-state index contributed by atoms with van der Waals surface area (Å²) in [5.74, 6) is -0.297. The number of nitrogens with one attached hydrogen (secondary N) is 1. The summed E-state index contributed by atoms with van der Waals surface area (Å²) in [4.78, 5) is 26.7. The van der Waals surface area contributed by atoms with E-state index in [4.69, 9.17) is 4.74 Å². The van der Waals surface area contributed by atoms with Crippen LogP contribution in [0, 0.1) is 0 Å². The molecular weight excluding hydrogens is 344 g/mol. The van der Waals surface area contributed by atoms with E-state index in [9.17, 15) is 9.59 Å². The molecule has 0 bridgehead atoms. The van der Waals surface area contributed by atoms with E-state index in [-0.39, 0.29) is 23.2 Å². The lowest BCUT2D eigenvalue weighted by atomic mass is 10.1. The predicted molar refractivity (Wildman–Crippen MR) is 105 cm³/mol. The monoisotopic (exact) mass is 372 g/mol. The molecule has 2 rings (SSSR count). The first-order valence-electron chi connectivity index (χ1n) is 9.25. The smallest absolute Gasteiger partial charge is 0.271 e. The standard InChI is InChI=1S/C20H28N4O3/c1-4-23(5-2)18(16-9-7-6-8-10-16)15-21-20(26)17-11-12-19(25)24(22-17)13-14-27-3/h6-12,18H,4-5,13-15H2,1-3H3,(H,21,26)/t18-/m0/s1. The van der Waals surface area contributed by atoms with Crippen molar-refractivity contribution in [3.63, 3.8) is 0 Å². The van der Waals surface area contributed by atoms with Gasteiger partial charge in [-0.25, -0.2) is 4.68 Å². The van der Waals surface area contributed by atoms with Crippen molar-refractivity contribution in [1.82, 2.24) is 20.0 Å². The van der Waals surface area contributed by atoms with Gasteiger partial charge in [0.15, 0.2) is 0 Å². The van der Waals surface area contributed by atoms with Crippen LogP contribution in [0.5, 0.6) is 0 Å². The maximum atomic E-state index is 12.6. The number of nitrogens with zero attached hydrogens (tertiary/aromatic N) is 3. The number of ether oxygens (including phenoxy) is 1. The van der Waals surface area contributed by atoms with Crippen LogP contribution < -0.4 is 10.9 Å². The first kappa shape index (κ1) is 20.8. The Balaban J connectivity index is 2.12. The van der Waals surface area contributed by atoms with Crippen molar-refractivity contribution in [2.24, 2.45) is 0 Å². The highest BCUT2D eigenvalue weighted by atomic mass is 16.5. The van der Waals surface area contributed by atoms with Gasteiger partial charge < -0.3 is 10.1 Å². The lowest BCUT2D eigenvalue weighted by molar-refractivity contribution is 0.0926. The van der Waals surface area contributed by atoms with Crippen LogP contribution in [0.4, 0.5) is 0 Å². The highest BCUT2D eigenvalue weighted by molar-refractivity contribution is 5.92. The minimum Gasteiger partial charge on any atom is -0.383 e. The third kappa shape index (κ3) is 5.74. The van der Waals surface area contributed by atoms with Gasteiger partial charge in [0.2, 0.25) is 0 Å². The van der Waals surface area contributed by atoms with Gasteiger partial charge in [0.25, 0.3) is 11.5 Å². The van der Waals surface area contributed by atoms with Crippen molar-refractivity contribution in [2.45, 2.75) is 26.4 Å². The van der Waals surface area contributed by atoms with E-state index in [1.54, 1.807) is 7.11 Å². The van der Waals surface area contributed by atoms with E-state index < -0.39 is 0 Å². The summed E-state index contributed by atoms with van der Waals surface area (Å²) in [6, 6.07) is 13.0. The Labute approximate surface area is 160 Å². The van der Waals surface area contributed by atoms with Gasteiger partial charge in [0, 0.05) is 19.7 Å². The van der Waals surface area contributed by atoms with Gasteiger partial charge in [-0.05, 0) is 24.7 Å². The number of carbonyl (C=O) groups is 1. The molecule has 1 amide bonds. The Morgan fingerprint density at radius 2 is 1.89 bits per heavy atom. The first-order valence-corrected chi connectivity index (χ1v) is 9.25. The molecule has 1 heterocycles. The molecule has 0 aliphatic heterocycles. The van der Waals surface area contributed by atoms with Gasteiger partial charge in [-0.1, -0.05) is 44.2 Å². The summed E-state index contributed by atoms with van der Waals surface area (Å²) in [7, 11) is 1.55. The average molecular weight is 372 g/mol. The molecule has 0 aliphatic rings. The molecule has 0 aliphatic carbocycles. The molecule has 0 radical (unpaired) electrons. The van der Waals surface area contributed by atoms with Crippen molar-refractivity contribution in [3.05, 3.63) is 64.1 Å². The van der Waals surface area contributed by atoms with Gasteiger partial charge in [-0.3, -0.25) is 14.5 Å². The molecule has 7 heteroatoms. The van der Waals surface area contributed by atoms with Gasteiger partial charge in [0.1, 0.15) is 5.69 Å². The SMILES string of the molecule is CCN(CC)[C@@H](CNC(=O)c1ccc(=O)n(CCOC)n1)c1ccccc1. The number of hydrogen-bond acceptors (Lipinski definition) is 5. The van der Waals surface area contributed by atoms with E-state index in [1.807, 2.05) is 18.2 Å². The zero-order valence-corrected chi connectivity index (χ0v) is 16.2. The van der Waals surface area contributed by atoms with E-state index in [1.165, 1.54) is 16.8 Å². The number of likely N-dealkylation sites (N-methyl/N-ethyl adjacent to an activating group) is 1. The second-order valence-electron chi connectivity index (χ2n) is 6.13. The predicted octanol–water partition coefficient (Wildman–Crippen LogP) is 1.70. The summed E-state index contributed by atoms with van der Waals surface area (Å²) in [6.45, 7) is 7.10. The quantitative estimate of drug-likeness (QED) is 0.687. The summed E-state index contributed by atoms with van der Waals surface area (Å²) in [5.41, 5.74) is 1.12. The molecule has 1 N–H and O–H groups in total. The van der Waals surface area contributed by atoms with Crippen LogP contribution in [0.2, 0.25) is 0 Å². The molecule has 0 unspecified atom stereocenters. The number of amides is 1. The fourth-order valence-electron chi connectivity index (χ4n) is 2.99. The maximum Gasteiger partial charge on any atom is 0.271 e. The van der Waals surface area contributed by atoms with E-state index >= 15 is 0 Å². The summed E-state index contributed by atoms with van der Waals surface area (Å²) in [6.07, 6.45) is 0. The van der Waals surface area contributed by atoms with Crippen LogP contribution in [0.3, 0.4) is 0 Å². The summed E-state index contributed by atoms with van der Waals surface area (Å²) < 4.78 is 6.22. The van der Waals surface area contributed by atoms with Crippen molar-refractivity contribution in [1.29, 1.82) is 0 Å². The Kier molecular flexibility index (Phi) is 8.16. The second-order valence-corrected chi connectivity index (χ2v) is 6.13. The fraction of sp³-hybridized carbons (Fsp3) is 0.450. The van der Waals surface area contributed by atoms with Crippen LogP contribution in [0.25, 0.3) is 0 Å². The zero-order chi connectivity index (χ0) is 19.6. The molecule has 1 aromatic heterocycles. The van der Waals surface area contributed by atoms with Crippen molar-refractivity contribution in [3.8, 4) is 0 Å². The molecule has 2 aromatic rings. The highest BCUT2D eigenvalue weighted by Crippen LogP contribution is 2.19. The van der Waals surface area contributed by atoms with E-state index in [2.05, 4.69) is 41.3 Å². The van der Waals surface area contributed by atoms with Crippen molar-refractivity contribution >= 4 is 5.91 Å². The Morgan fingerprint density at radius 3 is 2.52 bits per heavy atom. The third-order valence-corrected chi connectivity index (χ3v) is 4.50. The van der Waals surface area contributed by atoms with Crippen molar-refractivity contribution < 1.29 is 9.53 Å². The summed E-state index contributed by atoms with van der Waals surface area (Å²) >= 11 is 0. The topological polar surface area (TPSA) is 76.5 Å². The molecule has 146 valence electrons. The Hall–Kier alpha value is -2.51. The molecule has 7 nitrogen and oxygen atoms in total. The maximum absolute atomic E-state index is 12.6. The molecule has 0 saturated heterocycles. The number of benzene rings is 1. The van der Waals surface area contributed by atoms with Gasteiger partial charge in [-0.2, -0.15) is 5.10 Å². The number of rotatable bonds is 10. The normalized spacial score (nSPS) is 12.1. The second kappa shape index (κ2) is 10.6. The van der Waals surface area contributed by atoms with Crippen LogP contribution in [-0.4, -0.2) is 53.9 Å². The number of aromatic nitrogens is 2. The average Bonchev–Trinajstić information content (AvgIpc) is 2.71. The molecule has 0 fully saturated rings. The zero-order valence-electron chi connectivity index (χ0n) is 16.2. The largest absolute Gasteiger partial charge is 0.383 e. The van der Waals surface area contributed by atoms with Crippen LogP contribution in [0.15, 0.2) is 47.3 Å². The molecule has 1 aromatic carbocycles.